The molecule has 310 valence electrons. The number of phenolic OH excluding ortho intramolecular Hbond substituents is 2. The second-order valence-corrected chi connectivity index (χ2v) is 18.5. The first kappa shape index (κ1) is 44.6. The van der Waals surface area contributed by atoms with Gasteiger partial charge in [0.25, 0.3) is 0 Å². The highest BCUT2D eigenvalue weighted by Gasteiger charge is 2.28. The van der Waals surface area contributed by atoms with Gasteiger partial charge in [0, 0.05) is 40.5 Å². The van der Waals surface area contributed by atoms with E-state index in [1.54, 1.807) is 7.11 Å². The summed E-state index contributed by atoms with van der Waals surface area (Å²) in [6.45, 7) is 33.9. The Balaban J connectivity index is 1.88. The summed E-state index contributed by atoms with van der Waals surface area (Å²) in [6, 6.07) is 21.9. The molecule has 0 aliphatic heterocycles. The highest BCUT2D eigenvalue weighted by molar-refractivity contribution is 5.94. The van der Waals surface area contributed by atoms with Gasteiger partial charge in [0.15, 0.2) is 0 Å². The van der Waals surface area contributed by atoms with Crippen molar-refractivity contribution in [2.75, 3.05) is 20.3 Å². The van der Waals surface area contributed by atoms with Crippen LogP contribution < -0.4 is 4.74 Å². The summed E-state index contributed by atoms with van der Waals surface area (Å²) >= 11 is 0. The second kappa shape index (κ2) is 18.2. The molecule has 0 spiro atoms. The van der Waals surface area contributed by atoms with Crippen LogP contribution in [0.5, 0.6) is 17.2 Å². The summed E-state index contributed by atoms with van der Waals surface area (Å²) < 4.78 is 12.2. The average Bonchev–Trinajstić information content (AvgIpc) is 3.15. The van der Waals surface area contributed by atoms with E-state index in [1.165, 1.54) is 33.4 Å². The first-order valence-electron chi connectivity index (χ1n) is 21.6. The quantitative estimate of drug-likeness (QED) is 0.110. The van der Waals surface area contributed by atoms with E-state index < -0.39 is 0 Å². The van der Waals surface area contributed by atoms with Crippen LogP contribution in [-0.2, 0) is 4.74 Å². The van der Waals surface area contributed by atoms with Crippen LogP contribution in [0.3, 0.4) is 0 Å². The molecule has 4 nitrogen and oxygen atoms in total. The van der Waals surface area contributed by atoms with E-state index >= 15 is 0 Å². The van der Waals surface area contributed by atoms with Gasteiger partial charge in [-0.15, -0.1) is 0 Å². The van der Waals surface area contributed by atoms with E-state index in [1.807, 2.05) is 0 Å². The van der Waals surface area contributed by atoms with E-state index in [9.17, 15) is 10.2 Å². The molecule has 0 bridgehead atoms. The fourth-order valence-corrected chi connectivity index (χ4v) is 8.44. The minimum atomic E-state index is 0.224. The molecule has 58 heavy (non-hydrogen) atoms. The summed E-state index contributed by atoms with van der Waals surface area (Å²) in [4.78, 5) is 0. The standard InChI is InChI=1S/C54H70O4/c1-29(2)38-25-40(31(5)6)50(41(26-38)32(7)8)48-23-35(13)19-44(52(48)55)46-21-37(15)22-47(54(46)58-18-17-57-16)45-20-36(14)24-49(53(45)56)51-42(33(9)10)27-39(30(3)4)28-43(51)34(11)12/h19-34,55-56H,17-18H2,1-16H3. The van der Waals surface area contributed by atoms with Crippen LogP contribution in [0.15, 0.2) is 60.7 Å². The molecule has 0 radical (unpaired) electrons. The fourth-order valence-electron chi connectivity index (χ4n) is 8.44. The van der Waals surface area contributed by atoms with E-state index in [0.717, 1.165) is 50.1 Å². The zero-order valence-electron chi connectivity index (χ0n) is 38.4. The number of phenols is 2. The molecule has 0 aliphatic rings. The molecule has 0 saturated carbocycles. The third-order valence-electron chi connectivity index (χ3n) is 11.7. The summed E-state index contributed by atoms with van der Waals surface area (Å²) in [5.41, 5.74) is 17.5. The molecule has 0 fully saturated rings. The lowest BCUT2D eigenvalue weighted by Gasteiger charge is -2.26. The maximum atomic E-state index is 12.6. The Hall–Kier alpha value is -4.54. The molecule has 0 heterocycles. The van der Waals surface area contributed by atoms with Crippen LogP contribution in [0.25, 0.3) is 44.5 Å². The number of aromatic hydroxyl groups is 2. The number of rotatable bonds is 14. The van der Waals surface area contributed by atoms with Crippen LogP contribution in [0.4, 0.5) is 0 Å². The topological polar surface area (TPSA) is 58.9 Å². The Bertz CT molecular complexity index is 2060. The van der Waals surface area contributed by atoms with Gasteiger partial charge in [0.2, 0.25) is 0 Å². The van der Waals surface area contributed by atoms with Gasteiger partial charge in [-0.3, -0.25) is 0 Å². The Kier molecular flexibility index (Phi) is 14.0. The van der Waals surface area contributed by atoms with Crippen molar-refractivity contribution in [3.63, 3.8) is 0 Å². The van der Waals surface area contributed by atoms with Crippen LogP contribution >= 0.6 is 0 Å². The van der Waals surface area contributed by atoms with Gasteiger partial charge in [-0.25, -0.2) is 0 Å². The third-order valence-corrected chi connectivity index (χ3v) is 11.7. The normalized spacial score (nSPS) is 12.0. The van der Waals surface area contributed by atoms with Gasteiger partial charge < -0.3 is 19.7 Å². The van der Waals surface area contributed by atoms with Crippen molar-refractivity contribution in [1.29, 1.82) is 0 Å². The van der Waals surface area contributed by atoms with Crippen molar-refractivity contribution in [2.45, 2.75) is 139 Å². The van der Waals surface area contributed by atoms with Gasteiger partial charge in [0.05, 0.1) is 6.61 Å². The number of hydrogen-bond acceptors (Lipinski definition) is 4. The highest BCUT2D eigenvalue weighted by atomic mass is 16.5. The maximum Gasteiger partial charge on any atom is 0.135 e. The largest absolute Gasteiger partial charge is 0.507 e. The van der Waals surface area contributed by atoms with Crippen molar-refractivity contribution in [1.82, 2.24) is 0 Å². The molecule has 0 amide bonds. The van der Waals surface area contributed by atoms with Gasteiger partial charge in [0.1, 0.15) is 23.9 Å². The number of ether oxygens (including phenoxy) is 2. The van der Waals surface area contributed by atoms with E-state index in [-0.39, 0.29) is 35.2 Å². The molecular weight excluding hydrogens is 713 g/mol. The predicted molar refractivity (Wildman–Crippen MR) is 248 cm³/mol. The second-order valence-electron chi connectivity index (χ2n) is 18.5. The van der Waals surface area contributed by atoms with Gasteiger partial charge in [-0.1, -0.05) is 107 Å². The zero-order valence-corrected chi connectivity index (χ0v) is 38.4. The summed E-state index contributed by atoms with van der Waals surface area (Å²) in [7, 11) is 1.67. The number of aryl methyl sites for hydroxylation is 3. The lowest BCUT2D eigenvalue weighted by Crippen LogP contribution is -2.07. The summed E-state index contributed by atoms with van der Waals surface area (Å²) in [6.07, 6.45) is 0. The van der Waals surface area contributed by atoms with Crippen LogP contribution in [-0.4, -0.2) is 30.5 Å². The Morgan fingerprint density at radius 1 is 0.397 bits per heavy atom. The fraction of sp³-hybridized carbons (Fsp3) is 0.444. The minimum absolute atomic E-state index is 0.224. The summed E-state index contributed by atoms with van der Waals surface area (Å²) in [5, 5.41) is 25.3. The number of benzene rings is 5. The van der Waals surface area contributed by atoms with E-state index in [2.05, 4.69) is 165 Å². The molecule has 0 aliphatic carbocycles. The average molecular weight is 783 g/mol. The van der Waals surface area contributed by atoms with Crippen molar-refractivity contribution in [3.8, 4) is 61.8 Å². The lowest BCUT2D eigenvalue weighted by molar-refractivity contribution is 0.147. The Labute approximate surface area is 350 Å². The molecular formula is C54H70O4. The molecule has 0 unspecified atom stereocenters. The lowest BCUT2D eigenvalue weighted by atomic mass is 9.80. The summed E-state index contributed by atoms with van der Waals surface area (Å²) in [5.74, 6) is 2.82. The molecule has 0 saturated heterocycles. The number of methoxy groups -OCH3 is 1. The zero-order chi connectivity index (χ0) is 42.9. The van der Waals surface area contributed by atoms with Crippen LogP contribution in [0.1, 0.15) is 169 Å². The molecule has 0 aromatic heterocycles. The Morgan fingerprint density at radius 2 is 0.690 bits per heavy atom. The predicted octanol–water partition coefficient (Wildman–Crippen LogP) is 15.5. The molecule has 5 aromatic carbocycles. The molecule has 0 atom stereocenters. The molecule has 2 N–H and O–H groups in total. The van der Waals surface area contributed by atoms with Crippen molar-refractivity contribution < 1.29 is 19.7 Å². The third kappa shape index (κ3) is 9.03. The van der Waals surface area contributed by atoms with E-state index in [4.69, 9.17) is 9.47 Å². The number of hydrogen-bond donors (Lipinski definition) is 2. The van der Waals surface area contributed by atoms with Crippen molar-refractivity contribution in [3.05, 3.63) is 111 Å². The SMILES string of the molecule is COCCOc1c(-c2cc(C)cc(-c3c(C(C)C)cc(C(C)C)cc3C(C)C)c2O)cc(C)cc1-c1cc(C)cc(-c2c(C(C)C)cc(C(C)C)cc2C(C)C)c1O. The van der Waals surface area contributed by atoms with Crippen molar-refractivity contribution >= 4 is 0 Å². The van der Waals surface area contributed by atoms with Crippen molar-refractivity contribution in [2.24, 2.45) is 0 Å². The highest BCUT2D eigenvalue weighted by Crippen LogP contribution is 2.52. The van der Waals surface area contributed by atoms with Gasteiger partial charge >= 0.3 is 0 Å². The molecule has 4 heteroatoms. The monoisotopic (exact) mass is 783 g/mol. The Morgan fingerprint density at radius 3 is 0.966 bits per heavy atom. The van der Waals surface area contributed by atoms with Crippen LogP contribution in [0.2, 0.25) is 0 Å². The minimum Gasteiger partial charge on any atom is -0.507 e. The van der Waals surface area contributed by atoms with Crippen LogP contribution in [0, 0.1) is 20.8 Å². The molecule has 5 aromatic rings. The maximum absolute atomic E-state index is 12.6. The smallest absolute Gasteiger partial charge is 0.135 e. The van der Waals surface area contributed by atoms with Gasteiger partial charge in [-0.05, 0) is 154 Å². The van der Waals surface area contributed by atoms with E-state index in [0.29, 0.717) is 41.9 Å². The van der Waals surface area contributed by atoms with Gasteiger partial charge in [-0.2, -0.15) is 0 Å². The molecule has 5 rings (SSSR count). The first-order chi connectivity index (χ1) is 27.3. The first-order valence-corrected chi connectivity index (χ1v) is 21.6.